The number of halogens is 3. The summed E-state index contributed by atoms with van der Waals surface area (Å²) in [5.41, 5.74) is 0.366. The van der Waals surface area contributed by atoms with Gasteiger partial charge in [0.1, 0.15) is 16.9 Å². The molecule has 0 saturated heterocycles. The van der Waals surface area contributed by atoms with Crippen molar-refractivity contribution in [2.75, 3.05) is 0 Å². The second-order valence-electron chi connectivity index (χ2n) is 8.14. The molecule has 1 heterocycles. The lowest BCUT2D eigenvalue weighted by atomic mass is 10.1. The summed E-state index contributed by atoms with van der Waals surface area (Å²) in [6, 6.07) is 14.3. The minimum absolute atomic E-state index is 0.0293. The van der Waals surface area contributed by atoms with Crippen LogP contribution in [0.25, 0.3) is 0 Å². The monoisotopic (exact) mass is 485 g/mol. The number of pyridine rings is 1. The van der Waals surface area contributed by atoms with Crippen molar-refractivity contribution in [2.45, 2.75) is 38.3 Å². The fraction of sp³-hybridized carbons (Fsp3) is 0.240. The molecular weight excluding hydrogens is 463 g/mol. The summed E-state index contributed by atoms with van der Waals surface area (Å²) in [5, 5.41) is 5.30. The first-order chi connectivity index (χ1) is 16.7. The van der Waals surface area contributed by atoms with E-state index in [1.165, 1.54) is 24.5 Å². The molecule has 182 valence electrons. The predicted molar refractivity (Wildman–Crippen MR) is 121 cm³/mol. The van der Waals surface area contributed by atoms with Gasteiger partial charge in [-0.1, -0.05) is 42.5 Å². The number of aromatic nitrogens is 1. The number of alkyl halides is 3. The van der Waals surface area contributed by atoms with Crippen LogP contribution in [0.4, 0.5) is 13.2 Å². The number of nitrogens with one attached hydrogen (secondary N) is 2. The molecule has 35 heavy (non-hydrogen) atoms. The van der Waals surface area contributed by atoms with Gasteiger partial charge < -0.3 is 19.9 Å². The van der Waals surface area contributed by atoms with Gasteiger partial charge in [0, 0.05) is 31.5 Å². The minimum atomic E-state index is -4.80. The molecule has 10 heteroatoms. The van der Waals surface area contributed by atoms with Crippen LogP contribution in [0.5, 0.6) is 5.75 Å². The number of amides is 2. The summed E-state index contributed by atoms with van der Waals surface area (Å²) in [6.07, 6.45) is -0.141. The van der Waals surface area contributed by atoms with Gasteiger partial charge in [0.2, 0.25) is 5.43 Å². The van der Waals surface area contributed by atoms with Gasteiger partial charge in [-0.25, -0.2) is 0 Å². The second kappa shape index (κ2) is 10.0. The van der Waals surface area contributed by atoms with Crippen molar-refractivity contribution in [1.29, 1.82) is 0 Å². The smallest absolute Gasteiger partial charge is 0.406 e. The summed E-state index contributed by atoms with van der Waals surface area (Å²) in [7, 11) is 0. The number of benzene rings is 2. The van der Waals surface area contributed by atoms with Gasteiger partial charge in [0.15, 0.2) is 0 Å². The van der Waals surface area contributed by atoms with Crippen LogP contribution in [0, 0.1) is 0 Å². The van der Waals surface area contributed by atoms with Crippen LogP contribution in [0.2, 0.25) is 0 Å². The predicted octanol–water partition coefficient (Wildman–Crippen LogP) is 3.94. The fourth-order valence-electron chi connectivity index (χ4n) is 3.46. The van der Waals surface area contributed by atoms with Gasteiger partial charge in [-0.3, -0.25) is 14.4 Å². The van der Waals surface area contributed by atoms with E-state index in [1.807, 2.05) is 30.3 Å². The highest BCUT2D eigenvalue weighted by molar-refractivity contribution is 5.99. The minimum Gasteiger partial charge on any atom is -0.406 e. The van der Waals surface area contributed by atoms with Crippen molar-refractivity contribution in [1.82, 2.24) is 15.2 Å². The van der Waals surface area contributed by atoms with Crippen LogP contribution >= 0.6 is 0 Å². The largest absolute Gasteiger partial charge is 0.573 e. The zero-order valence-electron chi connectivity index (χ0n) is 18.5. The number of carbonyl (C=O) groups excluding carboxylic acids is 2. The third kappa shape index (κ3) is 6.50. The van der Waals surface area contributed by atoms with E-state index in [-0.39, 0.29) is 36.0 Å². The first-order valence-electron chi connectivity index (χ1n) is 10.9. The third-order valence-corrected chi connectivity index (χ3v) is 5.41. The highest BCUT2D eigenvalue weighted by Gasteiger charge is 2.31. The molecule has 2 N–H and O–H groups in total. The van der Waals surface area contributed by atoms with E-state index in [2.05, 4.69) is 15.4 Å². The molecule has 0 aliphatic heterocycles. The van der Waals surface area contributed by atoms with E-state index >= 15 is 0 Å². The molecule has 2 aromatic carbocycles. The topological polar surface area (TPSA) is 89.4 Å². The summed E-state index contributed by atoms with van der Waals surface area (Å²) < 4.78 is 42.4. The standard InChI is InChI=1S/C25H22F3N3O4/c26-25(27,28)35-19-10-6-17(7-11-19)13-30-24(34)21-15-31(18-8-9-18)14-20(22(21)32)23(33)29-12-16-4-2-1-3-5-16/h1-7,10-11,14-15,18H,8-9,12-13H2,(H,29,33)(H,30,34). The first kappa shape index (κ1) is 24.1. The Morgan fingerprint density at radius 2 is 1.37 bits per heavy atom. The Morgan fingerprint density at radius 3 is 1.86 bits per heavy atom. The van der Waals surface area contributed by atoms with E-state index in [1.54, 1.807) is 4.57 Å². The van der Waals surface area contributed by atoms with Crippen LogP contribution in [0.3, 0.4) is 0 Å². The molecule has 0 unspecified atom stereocenters. The Bertz CT molecular complexity index is 1270. The van der Waals surface area contributed by atoms with Crippen LogP contribution in [-0.2, 0) is 13.1 Å². The van der Waals surface area contributed by atoms with Crippen molar-refractivity contribution in [3.8, 4) is 5.75 Å². The van der Waals surface area contributed by atoms with Crippen LogP contribution < -0.4 is 20.8 Å². The highest BCUT2D eigenvalue weighted by atomic mass is 19.4. The lowest BCUT2D eigenvalue weighted by molar-refractivity contribution is -0.274. The molecule has 0 atom stereocenters. The molecule has 1 aromatic heterocycles. The molecule has 3 aromatic rings. The average molecular weight is 485 g/mol. The van der Waals surface area contributed by atoms with E-state index in [4.69, 9.17) is 0 Å². The zero-order valence-corrected chi connectivity index (χ0v) is 18.5. The van der Waals surface area contributed by atoms with E-state index in [0.717, 1.165) is 30.5 Å². The molecule has 1 aliphatic rings. The van der Waals surface area contributed by atoms with E-state index in [0.29, 0.717) is 5.56 Å². The molecule has 1 saturated carbocycles. The van der Waals surface area contributed by atoms with Crippen molar-refractivity contribution in [3.63, 3.8) is 0 Å². The fourth-order valence-corrected chi connectivity index (χ4v) is 3.46. The Labute approximate surface area is 198 Å². The number of hydrogen-bond acceptors (Lipinski definition) is 4. The Balaban J connectivity index is 1.47. The molecule has 4 rings (SSSR count). The van der Waals surface area contributed by atoms with Gasteiger partial charge in [-0.2, -0.15) is 0 Å². The summed E-state index contributed by atoms with van der Waals surface area (Å²) >= 11 is 0. The Morgan fingerprint density at radius 1 is 0.857 bits per heavy atom. The van der Waals surface area contributed by atoms with Crippen molar-refractivity contribution in [2.24, 2.45) is 0 Å². The quantitative estimate of drug-likeness (QED) is 0.506. The number of rotatable bonds is 8. The maximum absolute atomic E-state index is 13.0. The van der Waals surface area contributed by atoms with Crippen molar-refractivity contribution in [3.05, 3.63) is 99.5 Å². The van der Waals surface area contributed by atoms with Gasteiger partial charge in [0.05, 0.1) is 0 Å². The van der Waals surface area contributed by atoms with Crippen molar-refractivity contribution < 1.29 is 27.5 Å². The molecule has 0 bridgehead atoms. The van der Waals surface area contributed by atoms with Crippen LogP contribution in [0.15, 0.2) is 71.8 Å². The Hall–Kier alpha value is -4.08. The normalized spacial score (nSPS) is 13.2. The first-order valence-corrected chi connectivity index (χ1v) is 10.9. The zero-order chi connectivity index (χ0) is 25.0. The van der Waals surface area contributed by atoms with Gasteiger partial charge >= 0.3 is 6.36 Å². The molecule has 7 nitrogen and oxygen atoms in total. The molecular formula is C25H22F3N3O4. The maximum Gasteiger partial charge on any atom is 0.573 e. The summed E-state index contributed by atoms with van der Waals surface area (Å²) in [5.74, 6) is -1.64. The molecule has 1 aliphatic carbocycles. The average Bonchev–Trinajstić information content (AvgIpc) is 3.67. The SMILES string of the molecule is O=C(NCc1ccccc1)c1cn(C2CC2)cc(C(=O)NCc2ccc(OC(F)(F)F)cc2)c1=O. The summed E-state index contributed by atoms with van der Waals surface area (Å²) in [6.45, 7) is 0.200. The van der Waals surface area contributed by atoms with Gasteiger partial charge in [-0.15, -0.1) is 13.2 Å². The lowest BCUT2D eigenvalue weighted by Gasteiger charge is -2.12. The van der Waals surface area contributed by atoms with Crippen LogP contribution in [0.1, 0.15) is 50.7 Å². The van der Waals surface area contributed by atoms with Crippen molar-refractivity contribution >= 4 is 11.8 Å². The van der Waals surface area contributed by atoms with E-state index in [9.17, 15) is 27.6 Å². The highest BCUT2D eigenvalue weighted by Crippen LogP contribution is 2.34. The molecule has 1 fully saturated rings. The number of carbonyl (C=O) groups is 2. The summed E-state index contributed by atoms with van der Waals surface area (Å²) in [4.78, 5) is 38.6. The Kier molecular flexibility index (Phi) is 6.90. The maximum atomic E-state index is 13.0. The van der Waals surface area contributed by atoms with Gasteiger partial charge in [-0.05, 0) is 36.1 Å². The molecule has 0 radical (unpaired) electrons. The second-order valence-corrected chi connectivity index (χ2v) is 8.14. The third-order valence-electron chi connectivity index (χ3n) is 5.41. The molecule has 2 amide bonds. The van der Waals surface area contributed by atoms with E-state index < -0.39 is 23.6 Å². The van der Waals surface area contributed by atoms with Crippen LogP contribution in [-0.4, -0.2) is 22.7 Å². The number of nitrogens with zero attached hydrogens (tertiary/aromatic N) is 1. The lowest BCUT2D eigenvalue weighted by Crippen LogP contribution is -2.35. The number of ether oxygens (including phenoxy) is 1. The molecule has 0 spiro atoms. The van der Waals surface area contributed by atoms with Gasteiger partial charge in [0.25, 0.3) is 11.8 Å². The number of hydrogen-bond donors (Lipinski definition) is 2.